The van der Waals surface area contributed by atoms with Crippen molar-refractivity contribution in [2.75, 3.05) is 0 Å². The number of benzene rings is 8. The Morgan fingerprint density at radius 1 is 0.288 bits per heavy atom. The van der Waals surface area contributed by atoms with Crippen molar-refractivity contribution >= 4 is 54.5 Å². The number of rotatable bonds is 7. The summed E-state index contributed by atoms with van der Waals surface area (Å²) in [7, 11) is 0. The fraction of sp³-hybridized carbons (Fsp3) is 0. The van der Waals surface area contributed by atoms with E-state index in [1.807, 2.05) is 121 Å². The van der Waals surface area contributed by atoms with Gasteiger partial charge in [0.05, 0.1) is 33.3 Å². The smallest absolute Gasteiger partial charge is 0.238 e. The van der Waals surface area contributed by atoms with Gasteiger partial charge in [0, 0.05) is 49.2 Å². The number of pyridine rings is 1. The highest BCUT2D eigenvalue weighted by Gasteiger charge is 2.25. The second-order valence-electron chi connectivity index (χ2n) is 16.2. The molecule has 0 saturated carbocycles. The van der Waals surface area contributed by atoms with Crippen LogP contribution in [0.15, 0.2) is 212 Å². The van der Waals surface area contributed by atoms with Gasteiger partial charge in [-0.3, -0.25) is 4.57 Å². The maximum atomic E-state index is 5.29. The van der Waals surface area contributed by atoms with Crippen LogP contribution in [0.5, 0.6) is 0 Å². The summed E-state index contributed by atoms with van der Waals surface area (Å²) in [5.41, 5.74) is 9.92. The SMILES string of the molecule is c1ccc(-c2nc(-c3ccc4ccccc4n3)nc(-c3ccccc3-n3c4ccccc4c4ccc5c6ccccc6n(-c6nc(-c7ccccc7)nc(-c7ccccc7)n6)c5c43)n2)cc1. The van der Waals surface area contributed by atoms with Gasteiger partial charge >= 0.3 is 0 Å². The molecule has 308 valence electrons. The Labute approximate surface area is 378 Å². The lowest BCUT2D eigenvalue weighted by Gasteiger charge is -2.16. The summed E-state index contributed by atoms with van der Waals surface area (Å²) in [6.07, 6.45) is 0. The molecule has 5 heterocycles. The molecule has 0 unspecified atom stereocenters. The largest absolute Gasteiger partial charge is 0.306 e. The predicted octanol–water partition coefficient (Wildman–Crippen LogP) is 13.1. The van der Waals surface area contributed by atoms with Crippen LogP contribution in [0.1, 0.15) is 0 Å². The van der Waals surface area contributed by atoms with Gasteiger partial charge in [0.2, 0.25) is 5.95 Å². The lowest BCUT2D eigenvalue weighted by atomic mass is 10.1. The van der Waals surface area contributed by atoms with E-state index in [1.165, 1.54) is 0 Å². The van der Waals surface area contributed by atoms with Crippen molar-refractivity contribution in [1.29, 1.82) is 0 Å². The van der Waals surface area contributed by atoms with E-state index in [-0.39, 0.29) is 0 Å². The Morgan fingerprint density at radius 3 is 1.41 bits per heavy atom. The maximum Gasteiger partial charge on any atom is 0.238 e. The molecular formula is C57H35N9. The summed E-state index contributed by atoms with van der Waals surface area (Å²) >= 11 is 0. The van der Waals surface area contributed by atoms with E-state index in [4.69, 9.17) is 34.9 Å². The molecule has 0 bridgehead atoms. The fourth-order valence-corrected chi connectivity index (χ4v) is 9.23. The summed E-state index contributed by atoms with van der Waals surface area (Å²) in [4.78, 5) is 36.2. The first kappa shape index (κ1) is 37.4. The van der Waals surface area contributed by atoms with E-state index in [2.05, 4.69) is 100 Å². The van der Waals surface area contributed by atoms with Crippen molar-refractivity contribution in [1.82, 2.24) is 44.0 Å². The molecule has 13 aromatic rings. The minimum Gasteiger partial charge on any atom is -0.306 e. The molecular weight excluding hydrogens is 811 g/mol. The zero-order valence-corrected chi connectivity index (χ0v) is 35.2. The van der Waals surface area contributed by atoms with E-state index in [9.17, 15) is 0 Å². The summed E-state index contributed by atoms with van der Waals surface area (Å²) in [6, 6.07) is 72.3. The second-order valence-corrected chi connectivity index (χ2v) is 16.2. The van der Waals surface area contributed by atoms with E-state index in [0.29, 0.717) is 40.8 Å². The molecule has 0 aliphatic carbocycles. The van der Waals surface area contributed by atoms with Gasteiger partial charge in [-0.2, -0.15) is 9.97 Å². The van der Waals surface area contributed by atoms with Crippen molar-refractivity contribution in [3.05, 3.63) is 212 Å². The van der Waals surface area contributed by atoms with Crippen LogP contribution in [0.3, 0.4) is 0 Å². The molecule has 0 saturated heterocycles. The molecule has 0 atom stereocenters. The fourth-order valence-electron chi connectivity index (χ4n) is 9.23. The van der Waals surface area contributed by atoms with Gasteiger partial charge in [-0.05, 0) is 36.4 Å². The molecule has 9 nitrogen and oxygen atoms in total. The molecule has 8 aromatic carbocycles. The van der Waals surface area contributed by atoms with Crippen molar-refractivity contribution in [3.63, 3.8) is 0 Å². The van der Waals surface area contributed by atoms with Crippen LogP contribution in [0.2, 0.25) is 0 Å². The van der Waals surface area contributed by atoms with Crippen LogP contribution in [0.25, 0.3) is 123 Å². The molecule has 5 aromatic heterocycles. The molecule has 9 heteroatoms. The van der Waals surface area contributed by atoms with Gasteiger partial charge in [0.25, 0.3) is 0 Å². The zero-order chi connectivity index (χ0) is 43.6. The van der Waals surface area contributed by atoms with Crippen LogP contribution in [-0.2, 0) is 0 Å². The van der Waals surface area contributed by atoms with Gasteiger partial charge in [-0.15, -0.1) is 0 Å². The normalized spacial score (nSPS) is 11.6. The van der Waals surface area contributed by atoms with Gasteiger partial charge in [-0.1, -0.05) is 176 Å². The average Bonchev–Trinajstić information content (AvgIpc) is 3.92. The van der Waals surface area contributed by atoms with Crippen LogP contribution >= 0.6 is 0 Å². The van der Waals surface area contributed by atoms with Crippen molar-refractivity contribution in [2.24, 2.45) is 0 Å². The maximum absolute atomic E-state index is 5.29. The van der Waals surface area contributed by atoms with E-state index in [0.717, 1.165) is 82.5 Å². The number of hydrogen-bond acceptors (Lipinski definition) is 7. The number of aromatic nitrogens is 9. The van der Waals surface area contributed by atoms with Gasteiger partial charge < -0.3 is 4.57 Å². The number of para-hydroxylation sites is 4. The van der Waals surface area contributed by atoms with E-state index < -0.39 is 0 Å². The third kappa shape index (κ3) is 6.13. The number of fused-ring (bicyclic) bond motifs is 8. The van der Waals surface area contributed by atoms with Gasteiger partial charge in [0.1, 0.15) is 5.69 Å². The molecule has 0 N–H and O–H groups in total. The quantitative estimate of drug-likeness (QED) is 0.157. The molecule has 0 fully saturated rings. The third-order valence-electron chi connectivity index (χ3n) is 12.2. The minimum absolute atomic E-state index is 0.488. The summed E-state index contributed by atoms with van der Waals surface area (Å²) in [5.74, 6) is 3.27. The van der Waals surface area contributed by atoms with E-state index >= 15 is 0 Å². The Bertz CT molecular complexity index is 3940. The Morgan fingerprint density at radius 2 is 0.758 bits per heavy atom. The van der Waals surface area contributed by atoms with Gasteiger partial charge in [-0.25, -0.2) is 24.9 Å². The van der Waals surface area contributed by atoms with Crippen molar-refractivity contribution < 1.29 is 0 Å². The molecule has 13 rings (SSSR count). The summed E-state index contributed by atoms with van der Waals surface area (Å²) in [6.45, 7) is 0. The monoisotopic (exact) mass is 845 g/mol. The molecule has 0 radical (unpaired) electrons. The van der Waals surface area contributed by atoms with Crippen molar-refractivity contribution in [2.45, 2.75) is 0 Å². The Hall–Kier alpha value is -9.21. The lowest BCUT2D eigenvalue weighted by molar-refractivity contribution is 0.953. The highest BCUT2D eigenvalue weighted by Crippen LogP contribution is 2.43. The molecule has 0 amide bonds. The first-order chi connectivity index (χ1) is 32.7. The van der Waals surface area contributed by atoms with E-state index in [1.54, 1.807) is 0 Å². The minimum atomic E-state index is 0.488. The lowest BCUT2D eigenvalue weighted by Crippen LogP contribution is -2.07. The Balaban J connectivity index is 1.12. The van der Waals surface area contributed by atoms with Crippen LogP contribution in [0.4, 0.5) is 0 Å². The Kier molecular flexibility index (Phi) is 8.63. The topological polar surface area (TPSA) is 100 Å². The zero-order valence-electron chi connectivity index (χ0n) is 35.2. The van der Waals surface area contributed by atoms with Crippen LogP contribution < -0.4 is 0 Å². The predicted molar refractivity (Wildman–Crippen MR) is 264 cm³/mol. The standard InChI is InChI=1S/C57H35N9/c1-4-19-37(20-5-1)52-60-55(62-56(61-52)46-35-32-36-18-10-14-28-45(36)58-46)44-27-13-17-31-49(44)65-47-29-15-11-25-40(47)42-33-34-43-41-26-12-16-30-48(41)66(51(43)50(42)65)57-63-53(38-21-6-2-7-22-38)59-54(64-57)39-23-8-3-9-24-39/h1-35H. The highest BCUT2D eigenvalue weighted by atomic mass is 15.2. The molecule has 0 aliphatic heterocycles. The molecule has 0 aliphatic rings. The number of nitrogens with zero attached hydrogens (tertiary/aromatic N) is 9. The van der Waals surface area contributed by atoms with Crippen LogP contribution in [-0.4, -0.2) is 44.0 Å². The van der Waals surface area contributed by atoms with Crippen molar-refractivity contribution in [3.8, 4) is 68.7 Å². The summed E-state index contributed by atoms with van der Waals surface area (Å²) < 4.78 is 4.57. The first-order valence-corrected chi connectivity index (χ1v) is 21.8. The highest BCUT2D eigenvalue weighted by molar-refractivity contribution is 6.24. The number of hydrogen-bond donors (Lipinski definition) is 0. The molecule has 66 heavy (non-hydrogen) atoms. The first-order valence-electron chi connectivity index (χ1n) is 21.8. The third-order valence-corrected chi connectivity index (χ3v) is 12.2. The average molecular weight is 846 g/mol. The molecule has 0 spiro atoms. The summed E-state index contributed by atoms with van der Waals surface area (Å²) in [5, 5.41) is 5.38. The van der Waals surface area contributed by atoms with Gasteiger partial charge in [0.15, 0.2) is 29.1 Å². The second kappa shape index (κ2) is 15.3. The van der Waals surface area contributed by atoms with Crippen LogP contribution in [0, 0.1) is 0 Å².